The Balaban J connectivity index is 1.92. The maximum absolute atomic E-state index is 12.8. The normalized spacial score (nSPS) is 28.8. The van der Waals surface area contributed by atoms with Crippen LogP contribution in [0.5, 0.6) is 0 Å². The first-order chi connectivity index (χ1) is 9.99. The molecule has 2 fully saturated rings. The molecule has 122 valence electrons. The minimum absolute atomic E-state index is 0.204. The molecule has 2 rings (SSSR count). The van der Waals surface area contributed by atoms with Crippen LogP contribution in [-0.4, -0.2) is 35.1 Å². The van der Waals surface area contributed by atoms with Gasteiger partial charge in [-0.1, -0.05) is 32.6 Å². The predicted molar refractivity (Wildman–Crippen MR) is 86.2 cm³/mol. The Bertz CT molecular complexity index is 336. The lowest BCUT2D eigenvalue weighted by molar-refractivity contribution is -0.152. The van der Waals surface area contributed by atoms with Crippen LogP contribution >= 0.6 is 0 Å². The van der Waals surface area contributed by atoms with Gasteiger partial charge < -0.3 is 9.64 Å². The zero-order valence-corrected chi connectivity index (χ0v) is 14.3. The molecule has 3 nitrogen and oxygen atoms in total. The highest BCUT2D eigenvalue weighted by Gasteiger charge is 2.33. The first-order valence-corrected chi connectivity index (χ1v) is 8.96. The second-order valence-electron chi connectivity index (χ2n) is 7.45. The Kier molecular flexibility index (Phi) is 6.09. The fourth-order valence-electron chi connectivity index (χ4n) is 4.10. The standard InChI is InChI=1S/C18H33NO2/c1-13(2)19(16-9-5-6-10-16)18(20)15(4)21-17-11-7-8-14(3)12-17/h13-17H,5-12H2,1-4H3/t14-,15+,17-/m1/s1. The van der Waals surface area contributed by atoms with Crippen molar-refractivity contribution in [3.8, 4) is 0 Å². The minimum atomic E-state index is -0.289. The quantitative estimate of drug-likeness (QED) is 0.762. The Morgan fingerprint density at radius 2 is 1.71 bits per heavy atom. The van der Waals surface area contributed by atoms with E-state index in [1.807, 2.05) is 6.92 Å². The molecule has 1 amide bonds. The molecule has 0 bridgehead atoms. The fourth-order valence-corrected chi connectivity index (χ4v) is 4.10. The van der Waals surface area contributed by atoms with E-state index in [2.05, 4.69) is 25.7 Å². The van der Waals surface area contributed by atoms with Crippen LogP contribution in [0, 0.1) is 5.92 Å². The summed E-state index contributed by atoms with van der Waals surface area (Å²) in [5, 5.41) is 0. The SMILES string of the molecule is CC(C)N(C(=O)[C@H](C)O[C@@H]1CCC[C@@H](C)C1)C1CCCC1. The average Bonchev–Trinajstić information content (AvgIpc) is 2.92. The van der Waals surface area contributed by atoms with E-state index in [-0.39, 0.29) is 24.2 Å². The Hall–Kier alpha value is -0.570. The van der Waals surface area contributed by atoms with Gasteiger partial charge in [0, 0.05) is 12.1 Å². The Morgan fingerprint density at radius 1 is 1.05 bits per heavy atom. The summed E-state index contributed by atoms with van der Waals surface area (Å²) in [6.45, 7) is 8.50. The van der Waals surface area contributed by atoms with E-state index >= 15 is 0 Å². The van der Waals surface area contributed by atoms with Gasteiger partial charge in [0.2, 0.25) is 0 Å². The van der Waals surface area contributed by atoms with Crippen molar-refractivity contribution in [1.82, 2.24) is 4.90 Å². The zero-order chi connectivity index (χ0) is 15.4. The molecule has 0 N–H and O–H groups in total. The van der Waals surface area contributed by atoms with E-state index in [9.17, 15) is 4.79 Å². The van der Waals surface area contributed by atoms with Gasteiger partial charge in [0.1, 0.15) is 6.10 Å². The van der Waals surface area contributed by atoms with E-state index in [1.54, 1.807) is 0 Å². The van der Waals surface area contributed by atoms with E-state index in [0.29, 0.717) is 6.04 Å². The van der Waals surface area contributed by atoms with Crippen molar-refractivity contribution in [3.63, 3.8) is 0 Å². The number of carbonyl (C=O) groups excluding carboxylic acids is 1. The van der Waals surface area contributed by atoms with Gasteiger partial charge in [-0.3, -0.25) is 4.79 Å². The van der Waals surface area contributed by atoms with E-state index in [4.69, 9.17) is 4.74 Å². The topological polar surface area (TPSA) is 29.5 Å². The third-order valence-electron chi connectivity index (χ3n) is 5.16. The lowest BCUT2D eigenvalue weighted by Crippen LogP contribution is -2.49. The van der Waals surface area contributed by atoms with Crippen molar-refractivity contribution in [1.29, 1.82) is 0 Å². The van der Waals surface area contributed by atoms with Crippen LogP contribution in [0.2, 0.25) is 0 Å². The van der Waals surface area contributed by atoms with Crippen molar-refractivity contribution >= 4 is 5.91 Å². The number of carbonyl (C=O) groups is 1. The largest absolute Gasteiger partial charge is 0.365 e. The molecule has 2 aliphatic carbocycles. The molecule has 0 saturated heterocycles. The highest BCUT2D eigenvalue weighted by atomic mass is 16.5. The summed E-state index contributed by atoms with van der Waals surface area (Å²) in [5.41, 5.74) is 0. The van der Waals surface area contributed by atoms with Gasteiger partial charge in [0.05, 0.1) is 6.10 Å². The van der Waals surface area contributed by atoms with Crippen LogP contribution in [0.25, 0.3) is 0 Å². The van der Waals surface area contributed by atoms with Crippen LogP contribution in [0.15, 0.2) is 0 Å². The summed E-state index contributed by atoms with van der Waals surface area (Å²) in [6, 6.07) is 0.714. The lowest BCUT2D eigenvalue weighted by atomic mass is 9.88. The third-order valence-corrected chi connectivity index (χ3v) is 5.16. The second kappa shape index (κ2) is 7.62. The van der Waals surface area contributed by atoms with Gasteiger partial charge >= 0.3 is 0 Å². The number of ether oxygens (including phenoxy) is 1. The maximum Gasteiger partial charge on any atom is 0.251 e. The number of hydrogen-bond acceptors (Lipinski definition) is 2. The van der Waals surface area contributed by atoms with Crippen molar-refractivity contribution < 1.29 is 9.53 Å². The fraction of sp³-hybridized carbons (Fsp3) is 0.944. The van der Waals surface area contributed by atoms with E-state index < -0.39 is 0 Å². The molecule has 2 saturated carbocycles. The molecular formula is C18H33NO2. The first kappa shape index (κ1) is 16.8. The average molecular weight is 295 g/mol. The summed E-state index contributed by atoms with van der Waals surface area (Å²) < 4.78 is 6.12. The monoisotopic (exact) mass is 295 g/mol. The van der Waals surface area contributed by atoms with Crippen LogP contribution in [0.3, 0.4) is 0 Å². The molecule has 0 heterocycles. The highest BCUT2D eigenvalue weighted by molar-refractivity contribution is 5.81. The molecule has 0 unspecified atom stereocenters. The molecule has 0 aromatic carbocycles. The number of nitrogens with zero attached hydrogens (tertiary/aromatic N) is 1. The number of hydrogen-bond donors (Lipinski definition) is 0. The molecule has 0 spiro atoms. The second-order valence-corrected chi connectivity index (χ2v) is 7.45. The minimum Gasteiger partial charge on any atom is -0.365 e. The molecule has 0 aliphatic heterocycles. The zero-order valence-electron chi connectivity index (χ0n) is 14.3. The predicted octanol–water partition coefficient (Wildman–Crippen LogP) is 4.15. The third kappa shape index (κ3) is 4.45. The molecule has 0 aromatic heterocycles. The van der Waals surface area contributed by atoms with Crippen molar-refractivity contribution in [2.45, 2.75) is 103 Å². The molecule has 3 atom stereocenters. The number of amides is 1. The van der Waals surface area contributed by atoms with Gasteiger partial charge in [0.25, 0.3) is 5.91 Å². The summed E-state index contributed by atoms with van der Waals surface area (Å²) in [7, 11) is 0. The molecule has 0 aromatic rings. The maximum atomic E-state index is 12.8. The number of rotatable bonds is 5. The Morgan fingerprint density at radius 3 is 2.29 bits per heavy atom. The van der Waals surface area contributed by atoms with Gasteiger partial charge in [-0.2, -0.15) is 0 Å². The van der Waals surface area contributed by atoms with Crippen molar-refractivity contribution in [3.05, 3.63) is 0 Å². The molecular weight excluding hydrogens is 262 g/mol. The van der Waals surface area contributed by atoms with Crippen molar-refractivity contribution in [2.24, 2.45) is 5.92 Å². The van der Waals surface area contributed by atoms with E-state index in [0.717, 1.165) is 31.6 Å². The molecule has 0 radical (unpaired) electrons. The van der Waals surface area contributed by atoms with Crippen LogP contribution in [0.4, 0.5) is 0 Å². The molecule has 3 heteroatoms. The molecule has 2 aliphatic rings. The summed E-state index contributed by atoms with van der Waals surface area (Å²) in [4.78, 5) is 14.9. The van der Waals surface area contributed by atoms with Gasteiger partial charge in [-0.05, 0) is 52.4 Å². The van der Waals surface area contributed by atoms with Crippen LogP contribution in [0.1, 0.15) is 79.1 Å². The highest BCUT2D eigenvalue weighted by Crippen LogP contribution is 2.29. The lowest BCUT2D eigenvalue weighted by Gasteiger charge is -2.36. The first-order valence-electron chi connectivity index (χ1n) is 8.96. The van der Waals surface area contributed by atoms with Crippen molar-refractivity contribution in [2.75, 3.05) is 0 Å². The van der Waals surface area contributed by atoms with Gasteiger partial charge in [-0.15, -0.1) is 0 Å². The smallest absolute Gasteiger partial charge is 0.251 e. The summed E-state index contributed by atoms with van der Waals surface area (Å²) >= 11 is 0. The molecule has 21 heavy (non-hydrogen) atoms. The van der Waals surface area contributed by atoms with Gasteiger partial charge in [-0.25, -0.2) is 0 Å². The van der Waals surface area contributed by atoms with Gasteiger partial charge in [0.15, 0.2) is 0 Å². The van der Waals surface area contributed by atoms with E-state index in [1.165, 1.54) is 25.7 Å². The summed E-state index contributed by atoms with van der Waals surface area (Å²) in [6.07, 6.45) is 9.62. The summed E-state index contributed by atoms with van der Waals surface area (Å²) in [5.74, 6) is 0.942. The Labute approximate surface area is 130 Å². The van der Waals surface area contributed by atoms with Crippen LogP contribution < -0.4 is 0 Å². The van der Waals surface area contributed by atoms with Crippen LogP contribution in [-0.2, 0) is 9.53 Å².